The lowest BCUT2D eigenvalue weighted by Gasteiger charge is -2.19. The van der Waals surface area contributed by atoms with Crippen LogP contribution in [-0.4, -0.2) is 45.4 Å². The maximum atomic E-state index is 13.1. The third-order valence-corrected chi connectivity index (χ3v) is 8.17. The molecule has 0 bridgehead atoms. The lowest BCUT2D eigenvalue weighted by Crippen LogP contribution is -2.08. The highest BCUT2D eigenvalue weighted by Gasteiger charge is 2.49. The van der Waals surface area contributed by atoms with Crippen molar-refractivity contribution in [1.82, 2.24) is 14.3 Å². The average molecular weight is 466 g/mol. The number of aromatic nitrogens is 1. The Balaban J connectivity index is 1.33. The minimum Gasteiger partial charge on any atom is -0.450 e. The van der Waals surface area contributed by atoms with Crippen LogP contribution in [0.3, 0.4) is 0 Å². The summed E-state index contributed by atoms with van der Waals surface area (Å²) in [5.41, 5.74) is 3.33. The molecule has 0 amide bonds. The summed E-state index contributed by atoms with van der Waals surface area (Å²) < 4.78 is 28.5. The molecule has 0 saturated carbocycles. The van der Waals surface area contributed by atoms with Crippen molar-refractivity contribution in [2.75, 3.05) is 26.2 Å². The number of rotatable bonds is 9. The van der Waals surface area contributed by atoms with Crippen LogP contribution in [0.25, 0.3) is 11.3 Å². The maximum absolute atomic E-state index is 13.1. The minimum absolute atomic E-state index is 0.0800. The molecule has 0 unspecified atom stereocenters. The Labute approximate surface area is 191 Å². The summed E-state index contributed by atoms with van der Waals surface area (Å²) in [6.45, 7) is 5.10. The van der Waals surface area contributed by atoms with Crippen LogP contribution in [0.2, 0.25) is 0 Å². The summed E-state index contributed by atoms with van der Waals surface area (Å²) in [5.74, 6) is 0.571. The molecular weight excluding hydrogens is 443 g/mol. The molecule has 0 spiro atoms. The van der Waals surface area contributed by atoms with E-state index in [1.807, 2.05) is 40.5 Å². The number of hydrogen-bond donors (Lipinski definition) is 0. The van der Waals surface area contributed by atoms with Crippen LogP contribution in [-0.2, 0) is 15.7 Å². The van der Waals surface area contributed by atoms with Crippen LogP contribution >= 0.6 is 7.67 Å². The molecule has 9 nitrogen and oxygen atoms in total. The van der Waals surface area contributed by atoms with Crippen LogP contribution in [0.5, 0.6) is 11.5 Å². The van der Waals surface area contributed by atoms with Crippen LogP contribution in [0.15, 0.2) is 60.8 Å². The molecular formula is C23H23N4O5P. The Hall–Kier alpha value is -3.10. The van der Waals surface area contributed by atoms with Gasteiger partial charge in [0.1, 0.15) is 5.75 Å². The molecule has 33 heavy (non-hydrogen) atoms. The van der Waals surface area contributed by atoms with Gasteiger partial charge in [0, 0.05) is 44.0 Å². The van der Waals surface area contributed by atoms with E-state index in [1.165, 1.54) is 6.07 Å². The van der Waals surface area contributed by atoms with Gasteiger partial charge in [-0.05, 0) is 60.5 Å². The molecule has 0 atom stereocenters. The van der Waals surface area contributed by atoms with Crippen molar-refractivity contribution in [3.63, 3.8) is 0 Å². The van der Waals surface area contributed by atoms with Gasteiger partial charge in [-0.3, -0.25) is 19.7 Å². The van der Waals surface area contributed by atoms with Gasteiger partial charge in [-0.1, -0.05) is 6.07 Å². The molecule has 3 heterocycles. The van der Waals surface area contributed by atoms with E-state index in [-0.39, 0.29) is 18.0 Å². The van der Waals surface area contributed by atoms with Crippen molar-refractivity contribution in [3.05, 3.63) is 82.0 Å². The molecule has 2 aliphatic rings. The second-order valence-electron chi connectivity index (χ2n) is 8.08. The fourth-order valence-electron chi connectivity index (χ4n) is 3.44. The summed E-state index contributed by atoms with van der Waals surface area (Å²) in [6, 6.07) is 15.7. The first-order valence-corrected chi connectivity index (χ1v) is 12.2. The van der Waals surface area contributed by atoms with E-state index in [0.717, 1.165) is 43.0 Å². The van der Waals surface area contributed by atoms with Crippen molar-refractivity contribution in [1.29, 1.82) is 0 Å². The van der Waals surface area contributed by atoms with Crippen LogP contribution in [0.1, 0.15) is 11.1 Å². The molecule has 2 aromatic carbocycles. The van der Waals surface area contributed by atoms with Gasteiger partial charge < -0.3 is 9.26 Å². The number of benzene rings is 2. The minimum atomic E-state index is -2.97. The predicted molar refractivity (Wildman–Crippen MR) is 123 cm³/mol. The van der Waals surface area contributed by atoms with E-state index >= 15 is 0 Å². The van der Waals surface area contributed by atoms with Crippen molar-refractivity contribution in [2.45, 2.75) is 13.5 Å². The Morgan fingerprint density at radius 2 is 1.73 bits per heavy atom. The van der Waals surface area contributed by atoms with Gasteiger partial charge in [-0.2, -0.15) is 0 Å². The summed E-state index contributed by atoms with van der Waals surface area (Å²) in [6.07, 6.45) is 1.80. The van der Waals surface area contributed by atoms with Gasteiger partial charge in [0.2, 0.25) is 5.75 Å². The zero-order chi connectivity index (χ0) is 23.0. The lowest BCUT2D eigenvalue weighted by molar-refractivity contribution is -0.385. The second-order valence-corrected chi connectivity index (χ2v) is 10.4. The molecule has 2 fully saturated rings. The largest absolute Gasteiger partial charge is 0.450 e. The average Bonchev–Trinajstić information content (AvgIpc) is 3.71. The van der Waals surface area contributed by atoms with Crippen molar-refractivity contribution in [3.8, 4) is 22.8 Å². The highest BCUT2D eigenvalue weighted by atomic mass is 31.2. The van der Waals surface area contributed by atoms with E-state index in [2.05, 4.69) is 4.98 Å². The van der Waals surface area contributed by atoms with E-state index in [0.29, 0.717) is 11.3 Å². The molecule has 0 aliphatic carbocycles. The van der Waals surface area contributed by atoms with Crippen LogP contribution in [0, 0.1) is 17.0 Å². The molecule has 170 valence electrons. The van der Waals surface area contributed by atoms with Gasteiger partial charge in [-0.15, -0.1) is 0 Å². The number of ether oxygens (including phenoxy) is 1. The fourth-order valence-corrected chi connectivity index (χ4v) is 5.63. The fraction of sp³-hybridized carbons (Fsp3) is 0.261. The Bertz CT molecular complexity index is 1210. The smallest absolute Gasteiger partial charge is 0.346 e. The molecule has 5 rings (SSSR count). The first kappa shape index (κ1) is 21.7. The van der Waals surface area contributed by atoms with Crippen LogP contribution < -0.4 is 4.74 Å². The third-order valence-electron chi connectivity index (χ3n) is 5.47. The van der Waals surface area contributed by atoms with E-state index in [4.69, 9.17) is 9.26 Å². The normalized spacial score (nSPS) is 15.9. The SMILES string of the molecule is Cc1ccc(-c2ccc(Oc3cc(COP(=O)(N4CC4)N4CC4)ccc3[N+](=O)[O-])cc2)nc1. The zero-order valence-electron chi connectivity index (χ0n) is 18.1. The third kappa shape index (κ3) is 4.82. The van der Waals surface area contributed by atoms with Gasteiger partial charge >= 0.3 is 13.4 Å². The molecule has 2 aliphatic heterocycles. The highest BCUT2D eigenvalue weighted by molar-refractivity contribution is 7.54. The molecule has 1 aromatic heterocycles. The molecule has 3 aromatic rings. The number of aryl methyl sites for hydroxylation is 1. The Morgan fingerprint density at radius 1 is 1.03 bits per heavy atom. The highest BCUT2D eigenvalue weighted by Crippen LogP contribution is 2.61. The number of hydrogen-bond acceptors (Lipinski definition) is 6. The number of pyridine rings is 1. The second kappa shape index (κ2) is 8.68. The van der Waals surface area contributed by atoms with E-state index < -0.39 is 12.6 Å². The lowest BCUT2D eigenvalue weighted by atomic mass is 10.1. The number of nitro benzene ring substituents is 1. The standard InChI is InChI=1S/C23H23N4O5P/c1-17-2-8-21(24-15-17)19-4-6-20(7-5-19)32-23-14-18(3-9-22(23)27(28)29)16-31-33(30,25-10-11-25)26-12-13-26/h2-9,14-15H,10-13,16H2,1H3. The monoisotopic (exact) mass is 466 g/mol. The Morgan fingerprint density at radius 3 is 2.30 bits per heavy atom. The summed E-state index contributed by atoms with van der Waals surface area (Å²) in [4.78, 5) is 15.5. The van der Waals surface area contributed by atoms with E-state index in [9.17, 15) is 14.7 Å². The van der Waals surface area contributed by atoms with E-state index in [1.54, 1.807) is 30.5 Å². The van der Waals surface area contributed by atoms with Gasteiger partial charge in [0.25, 0.3) is 0 Å². The summed E-state index contributed by atoms with van der Waals surface area (Å²) >= 11 is 0. The topological polar surface area (TPSA) is 97.6 Å². The molecule has 0 radical (unpaired) electrons. The quantitative estimate of drug-likeness (QED) is 0.188. The number of nitro groups is 1. The van der Waals surface area contributed by atoms with Crippen molar-refractivity contribution in [2.24, 2.45) is 0 Å². The first-order chi connectivity index (χ1) is 15.9. The molecule has 2 saturated heterocycles. The zero-order valence-corrected chi connectivity index (χ0v) is 19.0. The molecule has 10 heteroatoms. The van der Waals surface area contributed by atoms with Gasteiger partial charge in [0.05, 0.1) is 17.2 Å². The maximum Gasteiger partial charge on any atom is 0.346 e. The summed E-state index contributed by atoms with van der Waals surface area (Å²) in [7, 11) is -2.97. The van der Waals surface area contributed by atoms with Crippen molar-refractivity contribution < 1.29 is 18.7 Å². The van der Waals surface area contributed by atoms with Gasteiger partial charge in [-0.25, -0.2) is 9.34 Å². The van der Waals surface area contributed by atoms with Gasteiger partial charge in [0.15, 0.2) is 0 Å². The number of nitrogens with zero attached hydrogens (tertiary/aromatic N) is 4. The first-order valence-electron chi connectivity index (χ1n) is 10.7. The van der Waals surface area contributed by atoms with Crippen LogP contribution in [0.4, 0.5) is 5.69 Å². The predicted octanol–water partition coefficient (Wildman–Crippen LogP) is 5.01. The van der Waals surface area contributed by atoms with Crippen molar-refractivity contribution >= 4 is 13.4 Å². The summed E-state index contributed by atoms with van der Waals surface area (Å²) in [5, 5.41) is 11.5. The molecule has 0 N–H and O–H groups in total. The Kier molecular flexibility index (Phi) is 5.72.